The number of amides is 1. The summed E-state index contributed by atoms with van der Waals surface area (Å²) < 4.78 is 26.5. The fourth-order valence-electron chi connectivity index (χ4n) is 2.95. The number of hydrogen-bond donors (Lipinski definition) is 3. The van der Waals surface area contributed by atoms with Gasteiger partial charge in [-0.25, -0.2) is 4.98 Å². The van der Waals surface area contributed by atoms with E-state index in [1.807, 2.05) is 24.3 Å². The van der Waals surface area contributed by atoms with Crippen molar-refractivity contribution in [2.75, 3.05) is 18.9 Å². The fourth-order valence-corrected chi connectivity index (χ4v) is 2.95. The SMILES string of the molecule is CN=C(NCc1nccn1C(F)F)NCC1CC(=O)Nc2ccccc21.I. The summed E-state index contributed by atoms with van der Waals surface area (Å²) in [5.74, 6) is 0.640. The minimum absolute atomic E-state index is 0. The first kappa shape index (κ1) is 21.1. The topological polar surface area (TPSA) is 83.3 Å². The van der Waals surface area contributed by atoms with Crippen molar-refractivity contribution >= 4 is 41.5 Å². The van der Waals surface area contributed by atoms with Gasteiger partial charge in [0.2, 0.25) is 5.91 Å². The van der Waals surface area contributed by atoms with E-state index in [0.29, 0.717) is 18.9 Å². The molecular formula is C17H21F2IN6O. The highest BCUT2D eigenvalue weighted by Crippen LogP contribution is 2.31. The number of para-hydroxylation sites is 1. The number of alkyl halides is 2. The van der Waals surface area contributed by atoms with Crippen LogP contribution >= 0.6 is 24.0 Å². The molecule has 7 nitrogen and oxygen atoms in total. The van der Waals surface area contributed by atoms with Crippen molar-refractivity contribution in [3.8, 4) is 0 Å². The van der Waals surface area contributed by atoms with E-state index in [1.165, 1.54) is 12.4 Å². The van der Waals surface area contributed by atoms with Crippen molar-refractivity contribution in [1.82, 2.24) is 20.2 Å². The van der Waals surface area contributed by atoms with Gasteiger partial charge in [-0.3, -0.25) is 14.4 Å². The quantitative estimate of drug-likeness (QED) is 0.342. The van der Waals surface area contributed by atoms with E-state index in [-0.39, 0.29) is 48.2 Å². The number of nitrogens with one attached hydrogen (secondary N) is 3. The monoisotopic (exact) mass is 490 g/mol. The molecule has 2 aromatic rings. The molecule has 0 bridgehead atoms. The van der Waals surface area contributed by atoms with E-state index in [9.17, 15) is 13.6 Å². The zero-order valence-corrected chi connectivity index (χ0v) is 17.0. The number of aromatic nitrogens is 2. The van der Waals surface area contributed by atoms with E-state index < -0.39 is 6.55 Å². The maximum atomic E-state index is 12.8. The molecule has 146 valence electrons. The number of hydrogen-bond acceptors (Lipinski definition) is 3. The van der Waals surface area contributed by atoms with Gasteiger partial charge in [-0.15, -0.1) is 24.0 Å². The predicted octanol–water partition coefficient (Wildman–Crippen LogP) is 2.69. The third kappa shape index (κ3) is 5.15. The number of halogens is 3. The van der Waals surface area contributed by atoms with Crippen LogP contribution in [0.3, 0.4) is 0 Å². The van der Waals surface area contributed by atoms with Crippen molar-refractivity contribution in [2.45, 2.75) is 25.4 Å². The zero-order chi connectivity index (χ0) is 18.5. The van der Waals surface area contributed by atoms with Crippen molar-refractivity contribution in [3.05, 3.63) is 48.0 Å². The Morgan fingerprint density at radius 1 is 1.41 bits per heavy atom. The molecule has 1 aliphatic heterocycles. The molecule has 10 heteroatoms. The first-order chi connectivity index (χ1) is 12.6. The Hall–Kier alpha value is -2.24. The van der Waals surface area contributed by atoms with Crippen molar-refractivity contribution in [1.29, 1.82) is 0 Å². The van der Waals surface area contributed by atoms with E-state index in [0.717, 1.165) is 15.8 Å². The number of nitrogens with zero attached hydrogens (tertiary/aromatic N) is 3. The maximum absolute atomic E-state index is 12.8. The number of imidazole rings is 1. The van der Waals surface area contributed by atoms with Gasteiger partial charge in [0.05, 0.1) is 6.54 Å². The van der Waals surface area contributed by atoms with Crippen LogP contribution in [0.4, 0.5) is 14.5 Å². The molecule has 0 aliphatic carbocycles. The second-order valence-corrected chi connectivity index (χ2v) is 5.87. The first-order valence-electron chi connectivity index (χ1n) is 8.21. The van der Waals surface area contributed by atoms with Gasteiger partial charge < -0.3 is 16.0 Å². The van der Waals surface area contributed by atoms with Gasteiger partial charge in [-0.05, 0) is 11.6 Å². The number of fused-ring (bicyclic) bond motifs is 1. The minimum Gasteiger partial charge on any atom is -0.356 e. The first-order valence-corrected chi connectivity index (χ1v) is 8.21. The van der Waals surface area contributed by atoms with Gasteiger partial charge in [-0.2, -0.15) is 8.78 Å². The van der Waals surface area contributed by atoms with Crippen LogP contribution in [-0.4, -0.2) is 35.0 Å². The molecule has 3 N–H and O–H groups in total. The largest absolute Gasteiger partial charge is 0.356 e. The van der Waals surface area contributed by atoms with Gasteiger partial charge in [0.25, 0.3) is 0 Å². The number of benzene rings is 1. The molecule has 0 spiro atoms. The van der Waals surface area contributed by atoms with Crippen molar-refractivity contribution in [2.24, 2.45) is 4.99 Å². The molecule has 0 fully saturated rings. The Labute approximate surface area is 172 Å². The summed E-state index contributed by atoms with van der Waals surface area (Å²) in [4.78, 5) is 19.9. The predicted molar refractivity (Wildman–Crippen MR) is 110 cm³/mol. The van der Waals surface area contributed by atoms with Gasteiger partial charge >= 0.3 is 6.55 Å². The summed E-state index contributed by atoms with van der Waals surface area (Å²) in [5.41, 5.74) is 1.88. The zero-order valence-electron chi connectivity index (χ0n) is 14.7. The van der Waals surface area contributed by atoms with Crippen LogP contribution in [0, 0.1) is 0 Å². The number of carbonyl (C=O) groups is 1. The molecule has 3 rings (SSSR count). The molecule has 1 aromatic heterocycles. The Kier molecular flexibility index (Phi) is 7.51. The fraction of sp³-hybridized carbons (Fsp3) is 0.353. The second-order valence-electron chi connectivity index (χ2n) is 5.87. The Bertz CT molecular complexity index is 810. The van der Waals surface area contributed by atoms with Crippen LogP contribution in [0.25, 0.3) is 0 Å². The third-order valence-corrected chi connectivity index (χ3v) is 4.22. The minimum atomic E-state index is -2.64. The number of aliphatic imine (C=N–C) groups is 1. The number of anilines is 1. The molecule has 0 radical (unpaired) electrons. The van der Waals surface area contributed by atoms with E-state index >= 15 is 0 Å². The lowest BCUT2D eigenvalue weighted by molar-refractivity contribution is -0.116. The Morgan fingerprint density at radius 3 is 2.93 bits per heavy atom. The lowest BCUT2D eigenvalue weighted by Crippen LogP contribution is -2.40. The number of carbonyl (C=O) groups excluding carboxylic acids is 1. The highest BCUT2D eigenvalue weighted by atomic mass is 127. The molecule has 1 aliphatic rings. The van der Waals surface area contributed by atoms with Crippen LogP contribution in [0.2, 0.25) is 0 Å². The van der Waals surface area contributed by atoms with Gasteiger partial charge in [-0.1, -0.05) is 18.2 Å². The molecule has 0 saturated carbocycles. The van der Waals surface area contributed by atoms with Gasteiger partial charge in [0.1, 0.15) is 5.82 Å². The molecule has 0 saturated heterocycles. The van der Waals surface area contributed by atoms with Crippen LogP contribution in [0.15, 0.2) is 41.7 Å². The molecule has 1 unspecified atom stereocenters. The summed E-state index contributed by atoms with van der Waals surface area (Å²) in [6.45, 7) is -2.03. The van der Waals surface area contributed by atoms with Crippen LogP contribution in [-0.2, 0) is 11.3 Å². The third-order valence-electron chi connectivity index (χ3n) is 4.22. The highest BCUT2D eigenvalue weighted by molar-refractivity contribution is 14.0. The summed E-state index contributed by atoms with van der Waals surface area (Å²) in [6.07, 6.45) is 2.93. The summed E-state index contributed by atoms with van der Waals surface area (Å²) in [6, 6.07) is 7.66. The van der Waals surface area contributed by atoms with E-state index in [4.69, 9.17) is 0 Å². The molecule has 1 atom stereocenters. The number of guanidine groups is 1. The summed E-state index contributed by atoms with van der Waals surface area (Å²) in [5, 5.41) is 8.97. The molecular weight excluding hydrogens is 469 g/mol. The summed E-state index contributed by atoms with van der Waals surface area (Å²) in [7, 11) is 1.59. The van der Waals surface area contributed by atoms with E-state index in [1.54, 1.807) is 7.05 Å². The average Bonchev–Trinajstić information content (AvgIpc) is 3.10. The molecule has 27 heavy (non-hydrogen) atoms. The van der Waals surface area contributed by atoms with Crippen LogP contribution < -0.4 is 16.0 Å². The number of rotatable bonds is 5. The lowest BCUT2D eigenvalue weighted by atomic mass is 9.90. The maximum Gasteiger partial charge on any atom is 0.319 e. The Morgan fingerprint density at radius 2 is 2.19 bits per heavy atom. The Balaban J connectivity index is 0.00000261. The van der Waals surface area contributed by atoms with E-state index in [2.05, 4.69) is 25.9 Å². The smallest absolute Gasteiger partial charge is 0.319 e. The standard InChI is InChI=1S/C17H20F2N6O.HI/c1-20-17(23-10-14-21-6-7-25(14)16(18)19)22-9-11-8-15(26)24-13-5-3-2-4-12(11)13;/h2-7,11,16H,8-10H2,1H3,(H,24,26)(H2,20,22,23);1H. The van der Waals surface area contributed by atoms with Crippen molar-refractivity contribution < 1.29 is 13.6 Å². The van der Waals surface area contributed by atoms with Gasteiger partial charge in [0, 0.05) is 44.0 Å². The van der Waals surface area contributed by atoms with Crippen LogP contribution in [0.1, 0.15) is 30.3 Å². The van der Waals surface area contributed by atoms with Crippen molar-refractivity contribution in [3.63, 3.8) is 0 Å². The molecule has 1 aromatic carbocycles. The molecule has 1 amide bonds. The second kappa shape index (κ2) is 9.62. The highest BCUT2D eigenvalue weighted by Gasteiger charge is 2.24. The van der Waals surface area contributed by atoms with Crippen LogP contribution in [0.5, 0.6) is 0 Å². The normalized spacial score (nSPS) is 16.4. The molecule has 2 heterocycles. The summed E-state index contributed by atoms with van der Waals surface area (Å²) >= 11 is 0. The average molecular weight is 490 g/mol. The van der Waals surface area contributed by atoms with Gasteiger partial charge in [0.15, 0.2) is 5.96 Å². The lowest BCUT2D eigenvalue weighted by Gasteiger charge is -2.26.